The van der Waals surface area contributed by atoms with E-state index in [-0.39, 0.29) is 0 Å². The SMILES string of the molecule is CCCCC1CCN(CCCc2c[nH]c3ccccc23)CC1. The van der Waals surface area contributed by atoms with Crippen molar-refractivity contribution >= 4 is 10.9 Å². The molecule has 2 nitrogen and oxygen atoms in total. The number of hydrogen-bond donors (Lipinski definition) is 1. The van der Waals surface area contributed by atoms with Crippen LogP contribution in [0.2, 0.25) is 0 Å². The zero-order chi connectivity index (χ0) is 15.2. The van der Waals surface area contributed by atoms with Crippen molar-refractivity contribution < 1.29 is 0 Å². The zero-order valence-corrected chi connectivity index (χ0v) is 14.0. The van der Waals surface area contributed by atoms with Gasteiger partial charge in [0.2, 0.25) is 0 Å². The second kappa shape index (κ2) is 7.82. The maximum Gasteiger partial charge on any atom is 0.0456 e. The lowest BCUT2D eigenvalue weighted by Gasteiger charge is -2.32. The summed E-state index contributed by atoms with van der Waals surface area (Å²) >= 11 is 0. The van der Waals surface area contributed by atoms with Crippen LogP contribution in [0.15, 0.2) is 30.5 Å². The molecular weight excluding hydrogens is 268 g/mol. The number of nitrogens with zero attached hydrogens (tertiary/aromatic N) is 1. The van der Waals surface area contributed by atoms with Crippen molar-refractivity contribution in [2.45, 2.75) is 51.9 Å². The minimum Gasteiger partial charge on any atom is -0.361 e. The first-order valence-electron chi connectivity index (χ1n) is 9.14. The monoisotopic (exact) mass is 298 g/mol. The molecule has 2 aromatic rings. The number of rotatable bonds is 7. The van der Waals surface area contributed by atoms with Gasteiger partial charge in [-0.15, -0.1) is 0 Å². The molecule has 1 aromatic carbocycles. The molecule has 1 N–H and O–H groups in total. The van der Waals surface area contributed by atoms with Gasteiger partial charge in [-0.2, -0.15) is 0 Å². The number of nitrogens with one attached hydrogen (secondary N) is 1. The molecule has 0 radical (unpaired) electrons. The first-order chi connectivity index (χ1) is 10.9. The van der Waals surface area contributed by atoms with Gasteiger partial charge in [0.25, 0.3) is 0 Å². The topological polar surface area (TPSA) is 19.0 Å². The average molecular weight is 298 g/mol. The molecule has 1 aliphatic heterocycles. The summed E-state index contributed by atoms with van der Waals surface area (Å²) in [4.78, 5) is 6.07. The third-order valence-corrected chi connectivity index (χ3v) is 5.27. The molecule has 1 aromatic heterocycles. The van der Waals surface area contributed by atoms with E-state index in [1.54, 1.807) is 0 Å². The number of unbranched alkanes of at least 4 members (excludes halogenated alkanes) is 1. The number of hydrogen-bond acceptors (Lipinski definition) is 1. The summed E-state index contributed by atoms with van der Waals surface area (Å²) in [6.07, 6.45) is 11.7. The van der Waals surface area contributed by atoms with Crippen LogP contribution in [0.3, 0.4) is 0 Å². The number of benzene rings is 1. The van der Waals surface area contributed by atoms with E-state index in [9.17, 15) is 0 Å². The highest BCUT2D eigenvalue weighted by Gasteiger charge is 2.18. The second-order valence-corrected chi connectivity index (χ2v) is 6.89. The number of aromatic nitrogens is 1. The summed E-state index contributed by atoms with van der Waals surface area (Å²) in [6.45, 7) is 6.21. The van der Waals surface area contributed by atoms with E-state index < -0.39 is 0 Å². The van der Waals surface area contributed by atoms with Crippen LogP contribution in [0.5, 0.6) is 0 Å². The molecule has 1 fully saturated rings. The Morgan fingerprint density at radius 3 is 2.77 bits per heavy atom. The maximum atomic E-state index is 3.39. The van der Waals surface area contributed by atoms with Crippen LogP contribution in [0.4, 0.5) is 0 Å². The molecule has 120 valence electrons. The average Bonchev–Trinajstić information content (AvgIpc) is 2.98. The van der Waals surface area contributed by atoms with Crippen LogP contribution in [0.25, 0.3) is 10.9 Å². The molecule has 0 atom stereocenters. The summed E-state index contributed by atoms with van der Waals surface area (Å²) in [6, 6.07) is 8.65. The standard InChI is InChI=1S/C20H30N2/c1-2-3-7-17-11-14-22(15-12-17)13-6-8-18-16-21-20-10-5-4-9-19(18)20/h4-5,9-10,16-17,21H,2-3,6-8,11-15H2,1H3. The van der Waals surface area contributed by atoms with Crippen LogP contribution in [0, 0.1) is 5.92 Å². The van der Waals surface area contributed by atoms with Gasteiger partial charge in [0.15, 0.2) is 0 Å². The number of aryl methyl sites for hydroxylation is 1. The van der Waals surface area contributed by atoms with Gasteiger partial charge in [0.05, 0.1) is 0 Å². The van der Waals surface area contributed by atoms with Gasteiger partial charge in [-0.1, -0.05) is 44.4 Å². The predicted octanol–water partition coefficient (Wildman–Crippen LogP) is 5.00. The van der Waals surface area contributed by atoms with Crippen molar-refractivity contribution in [3.05, 3.63) is 36.0 Å². The van der Waals surface area contributed by atoms with Crippen molar-refractivity contribution in [1.82, 2.24) is 9.88 Å². The van der Waals surface area contributed by atoms with Crippen LogP contribution in [-0.2, 0) is 6.42 Å². The first kappa shape index (κ1) is 15.6. The Morgan fingerprint density at radius 2 is 1.95 bits per heavy atom. The molecular formula is C20H30N2. The largest absolute Gasteiger partial charge is 0.361 e. The summed E-state index contributed by atoms with van der Waals surface area (Å²) in [5, 5.41) is 1.40. The zero-order valence-electron chi connectivity index (χ0n) is 14.0. The molecule has 0 spiro atoms. The lowest BCUT2D eigenvalue weighted by Crippen LogP contribution is -2.34. The fraction of sp³-hybridized carbons (Fsp3) is 0.600. The Labute approximate surface area is 134 Å². The molecule has 2 heterocycles. The quantitative estimate of drug-likeness (QED) is 0.762. The molecule has 2 heteroatoms. The van der Waals surface area contributed by atoms with Crippen molar-refractivity contribution in [2.24, 2.45) is 5.92 Å². The molecule has 0 amide bonds. The van der Waals surface area contributed by atoms with E-state index in [0.29, 0.717) is 0 Å². The van der Waals surface area contributed by atoms with Gasteiger partial charge in [0, 0.05) is 17.1 Å². The number of fused-ring (bicyclic) bond motifs is 1. The molecule has 0 bridgehead atoms. The minimum absolute atomic E-state index is 1.00. The molecule has 0 saturated carbocycles. The van der Waals surface area contributed by atoms with Gasteiger partial charge < -0.3 is 9.88 Å². The highest BCUT2D eigenvalue weighted by molar-refractivity contribution is 5.82. The molecule has 0 aliphatic carbocycles. The van der Waals surface area contributed by atoms with Crippen molar-refractivity contribution in [3.8, 4) is 0 Å². The summed E-state index contributed by atoms with van der Waals surface area (Å²) < 4.78 is 0. The third-order valence-electron chi connectivity index (χ3n) is 5.27. The Hall–Kier alpha value is -1.28. The van der Waals surface area contributed by atoms with Crippen LogP contribution >= 0.6 is 0 Å². The van der Waals surface area contributed by atoms with Crippen LogP contribution < -0.4 is 0 Å². The van der Waals surface area contributed by atoms with Crippen molar-refractivity contribution in [3.63, 3.8) is 0 Å². The van der Waals surface area contributed by atoms with E-state index >= 15 is 0 Å². The molecule has 0 unspecified atom stereocenters. The summed E-state index contributed by atoms with van der Waals surface area (Å²) in [7, 11) is 0. The highest BCUT2D eigenvalue weighted by Crippen LogP contribution is 2.23. The predicted molar refractivity (Wildman–Crippen MR) is 95.3 cm³/mol. The Kier molecular flexibility index (Phi) is 5.55. The van der Waals surface area contributed by atoms with Crippen molar-refractivity contribution in [1.29, 1.82) is 0 Å². The summed E-state index contributed by atoms with van der Waals surface area (Å²) in [5.41, 5.74) is 2.75. The van der Waals surface area contributed by atoms with Gasteiger partial charge >= 0.3 is 0 Å². The lowest BCUT2D eigenvalue weighted by molar-refractivity contribution is 0.176. The van der Waals surface area contributed by atoms with E-state index in [1.807, 2.05) is 0 Å². The number of H-pyrrole nitrogens is 1. The normalized spacial score (nSPS) is 17.3. The Bertz CT molecular complexity index is 564. The number of aromatic amines is 1. The van der Waals surface area contributed by atoms with Crippen LogP contribution in [0.1, 0.15) is 51.0 Å². The van der Waals surface area contributed by atoms with Gasteiger partial charge in [-0.3, -0.25) is 0 Å². The highest BCUT2D eigenvalue weighted by atomic mass is 15.1. The molecule has 22 heavy (non-hydrogen) atoms. The molecule has 1 saturated heterocycles. The first-order valence-corrected chi connectivity index (χ1v) is 9.14. The van der Waals surface area contributed by atoms with E-state index in [2.05, 4.69) is 47.3 Å². The van der Waals surface area contributed by atoms with E-state index in [4.69, 9.17) is 0 Å². The fourth-order valence-electron chi connectivity index (χ4n) is 3.82. The van der Waals surface area contributed by atoms with Gasteiger partial charge in [0.1, 0.15) is 0 Å². The Balaban J connectivity index is 1.41. The van der Waals surface area contributed by atoms with E-state index in [1.165, 1.54) is 81.0 Å². The van der Waals surface area contributed by atoms with Crippen molar-refractivity contribution in [2.75, 3.05) is 19.6 Å². The second-order valence-electron chi connectivity index (χ2n) is 6.89. The molecule has 1 aliphatic rings. The number of likely N-dealkylation sites (tertiary alicyclic amines) is 1. The third kappa shape index (κ3) is 3.92. The van der Waals surface area contributed by atoms with E-state index in [0.717, 1.165) is 5.92 Å². The fourth-order valence-corrected chi connectivity index (χ4v) is 3.82. The maximum absolute atomic E-state index is 3.39. The van der Waals surface area contributed by atoms with Gasteiger partial charge in [-0.25, -0.2) is 0 Å². The van der Waals surface area contributed by atoms with Crippen LogP contribution in [-0.4, -0.2) is 29.5 Å². The summed E-state index contributed by atoms with van der Waals surface area (Å²) in [5.74, 6) is 1.00. The van der Waals surface area contributed by atoms with Gasteiger partial charge in [-0.05, 0) is 62.9 Å². The smallest absolute Gasteiger partial charge is 0.0456 e. The lowest BCUT2D eigenvalue weighted by atomic mass is 9.91. The minimum atomic E-state index is 1.00. The Morgan fingerprint density at radius 1 is 1.14 bits per heavy atom. The number of para-hydroxylation sites is 1. The molecule has 3 rings (SSSR count). The number of piperidine rings is 1.